The van der Waals surface area contributed by atoms with Gasteiger partial charge in [0, 0.05) is 43.1 Å². The second-order valence-electron chi connectivity index (χ2n) is 6.46. The van der Waals surface area contributed by atoms with Crippen LogP contribution in [-0.2, 0) is 0 Å². The molecular weight excluding hydrogens is 346 g/mol. The molecule has 2 N–H and O–H groups in total. The van der Waals surface area contributed by atoms with Gasteiger partial charge in [0.05, 0.1) is 9.83 Å². The summed E-state index contributed by atoms with van der Waals surface area (Å²) < 4.78 is 1.20. The van der Waals surface area contributed by atoms with Crippen molar-refractivity contribution < 1.29 is 0 Å². The molecule has 1 aliphatic carbocycles. The number of hydrogen-bond donors (Lipinski definition) is 1. The zero-order valence-corrected chi connectivity index (χ0v) is 15.2. The van der Waals surface area contributed by atoms with Gasteiger partial charge in [0.15, 0.2) is 0 Å². The zero-order chi connectivity index (χ0) is 14.8. The maximum absolute atomic E-state index is 6.30. The molecule has 0 radical (unpaired) electrons. The lowest BCUT2D eigenvalue weighted by atomic mass is 10.1. The molecule has 0 amide bonds. The summed E-state index contributed by atoms with van der Waals surface area (Å²) >= 11 is 5.40. The molecule has 3 rings (SSSR count). The number of halogens is 1. The van der Waals surface area contributed by atoms with Crippen molar-refractivity contribution in [1.29, 1.82) is 0 Å². The minimum absolute atomic E-state index is 0.175. The van der Waals surface area contributed by atoms with Crippen LogP contribution >= 0.6 is 27.3 Å². The summed E-state index contributed by atoms with van der Waals surface area (Å²) in [5, 5.41) is 0. The summed E-state index contributed by atoms with van der Waals surface area (Å²) in [5.41, 5.74) is 6.30. The number of rotatable bonds is 4. The maximum Gasteiger partial charge on any atom is 0.0702 e. The maximum atomic E-state index is 6.30. The summed E-state index contributed by atoms with van der Waals surface area (Å²) in [6.07, 6.45) is 5.68. The van der Waals surface area contributed by atoms with Crippen molar-refractivity contribution in [2.24, 2.45) is 5.73 Å². The van der Waals surface area contributed by atoms with E-state index in [-0.39, 0.29) is 6.04 Å². The van der Waals surface area contributed by atoms with Crippen LogP contribution in [0, 0.1) is 0 Å². The number of piperazine rings is 1. The smallest absolute Gasteiger partial charge is 0.0702 e. The van der Waals surface area contributed by atoms with E-state index >= 15 is 0 Å². The summed E-state index contributed by atoms with van der Waals surface area (Å²) in [5.74, 6) is 0. The van der Waals surface area contributed by atoms with Crippen molar-refractivity contribution in [2.75, 3.05) is 26.2 Å². The topological polar surface area (TPSA) is 32.5 Å². The van der Waals surface area contributed by atoms with Crippen LogP contribution in [0.5, 0.6) is 0 Å². The Kier molecular flexibility index (Phi) is 5.38. The number of hydrogen-bond acceptors (Lipinski definition) is 4. The van der Waals surface area contributed by atoms with E-state index in [1.165, 1.54) is 47.4 Å². The molecule has 118 valence electrons. The quantitative estimate of drug-likeness (QED) is 0.879. The number of thiophene rings is 1. The molecule has 1 aliphatic heterocycles. The molecule has 5 heteroatoms. The van der Waals surface area contributed by atoms with Crippen LogP contribution in [-0.4, -0.2) is 48.1 Å². The molecule has 3 nitrogen and oxygen atoms in total. The van der Waals surface area contributed by atoms with Gasteiger partial charge in [-0.1, -0.05) is 12.8 Å². The molecule has 0 bridgehead atoms. The van der Waals surface area contributed by atoms with E-state index < -0.39 is 0 Å². The van der Waals surface area contributed by atoms with Crippen molar-refractivity contribution in [3.05, 3.63) is 20.8 Å². The lowest BCUT2D eigenvalue weighted by Crippen LogP contribution is -2.52. The van der Waals surface area contributed by atoms with E-state index in [4.69, 9.17) is 5.73 Å². The summed E-state index contributed by atoms with van der Waals surface area (Å²) in [6.45, 7) is 6.86. The van der Waals surface area contributed by atoms with E-state index in [0.717, 1.165) is 19.1 Å². The first kappa shape index (κ1) is 15.9. The second kappa shape index (κ2) is 7.09. The van der Waals surface area contributed by atoms with E-state index in [2.05, 4.69) is 44.8 Å². The Balaban J connectivity index is 1.63. The van der Waals surface area contributed by atoms with Crippen LogP contribution in [0.25, 0.3) is 0 Å². The molecule has 1 aromatic rings. The van der Waals surface area contributed by atoms with Gasteiger partial charge < -0.3 is 5.73 Å². The van der Waals surface area contributed by atoms with Crippen LogP contribution in [0.2, 0.25) is 0 Å². The Morgan fingerprint density at radius 1 is 1.19 bits per heavy atom. The highest BCUT2D eigenvalue weighted by Crippen LogP contribution is 2.33. The molecule has 1 aromatic heterocycles. The van der Waals surface area contributed by atoms with E-state index in [1.807, 2.05) is 11.3 Å². The molecule has 0 spiro atoms. The van der Waals surface area contributed by atoms with Gasteiger partial charge in [-0.25, -0.2) is 0 Å². The molecule has 2 fully saturated rings. The Hall–Kier alpha value is 0.0600. The van der Waals surface area contributed by atoms with Crippen molar-refractivity contribution in [2.45, 2.75) is 50.7 Å². The summed E-state index contributed by atoms with van der Waals surface area (Å²) in [4.78, 5) is 6.70. The van der Waals surface area contributed by atoms with Gasteiger partial charge >= 0.3 is 0 Å². The fraction of sp³-hybridized carbons (Fsp3) is 0.750. The van der Waals surface area contributed by atoms with E-state index in [9.17, 15) is 0 Å². The van der Waals surface area contributed by atoms with Gasteiger partial charge in [0.1, 0.15) is 0 Å². The zero-order valence-electron chi connectivity index (χ0n) is 12.8. The van der Waals surface area contributed by atoms with Gasteiger partial charge in [0.25, 0.3) is 0 Å². The first-order valence-electron chi connectivity index (χ1n) is 8.14. The molecule has 2 aliphatic rings. The third kappa shape index (κ3) is 3.70. The van der Waals surface area contributed by atoms with Crippen molar-refractivity contribution >= 4 is 27.3 Å². The van der Waals surface area contributed by atoms with Crippen molar-refractivity contribution in [1.82, 2.24) is 9.80 Å². The Labute approximate surface area is 140 Å². The first-order chi connectivity index (χ1) is 10.1. The standard InChI is InChI=1S/C16H26BrN3S/c1-12(18)16(14-6-7-15(17)21-14)20-10-8-19(9-11-20)13-4-2-3-5-13/h6-7,12-13,16H,2-5,8-11,18H2,1H3. The molecule has 2 atom stereocenters. The van der Waals surface area contributed by atoms with Gasteiger partial charge in [0.2, 0.25) is 0 Å². The van der Waals surface area contributed by atoms with Crippen LogP contribution in [0.1, 0.15) is 43.5 Å². The lowest BCUT2D eigenvalue weighted by molar-refractivity contribution is 0.0645. The highest BCUT2D eigenvalue weighted by atomic mass is 79.9. The molecule has 21 heavy (non-hydrogen) atoms. The monoisotopic (exact) mass is 371 g/mol. The largest absolute Gasteiger partial charge is 0.326 e. The summed E-state index contributed by atoms with van der Waals surface area (Å²) in [6, 6.07) is 5.77. The van der Waals surface area contributed by atoms with Crippen LogP contribution in [0.3, 0.4) is 0 Å². The molecule has 0 aromatic carbocycles. The number of nitrogens with two attached hydrogens (primary N) is 1. The molecule has 2 heterocycles. The molecule has 1 saturated carbocycles. The van der Waals surface area contributed by atoms with Gasteiger partial charge in [-0.15, -0.1) is 11.3 Å². The number of nitrogens with zero attached hydrogens (tertiary/aromatic N) is 2. The average Bonchev–Trinajstić information content (AvgIpc) is 3.11. The lowest BCUT2D eigenvalue weighted by Gasteiger charge is -2.42. The van der Waals surface area contributed by atoms with Gasteiger partial charge in [-0.3, -0.25) is 9.80 Å². The minimum atomic E-state index is 0.175. The predicted octanol–water partition coefficient (Wildman–Crippen LogP) is 3.46. The third-order valence-corrected chi connectivity index (χ3v) is 6.66. The van der Waals surface area contributed by atoms with E-state index in [0.29, 0.717) is 6.04 Å². The fourth-order valence-corrected chi connectivity index (χ4v) is 5.58. The van der Waals surface area contributed by atoms with E-state index in [1.54, 1.807) is 0 Å². The van der Waals surface area contributed by atoms with Crippen LogP contribution < -0.4 is 5.73 Å². The highest BCUT2D eigenvalue weighted by molar-refractivity contribution is 9.11. The van der Waals surface area contributed by atoms with Crippen molar-refractivity contribution in [3.63, 3.8) is 0 Å². The SMILES string of the molecule is CC(N)C(c1ccc(Br)s1)N1CCN(C2CCCC2)CC1. The van der Waals surface area contributed by atoms with Crippen LogP contribution in [0.4, 0.5) is 0 Å². The molecule has 2 unspecified atom stereocenters. The normalized spacial score (nSPS) is 25.3. The summed E-state index contributed by atoms with van der Waals surface area (Å²) in [7, 11) is 0. The molecular formula is C16H26BrN3S. The van der Waals surface area contributed by atoms with Gasteiger partial charge in [-0.05, 0) is 47.8 Å². The Morgan fingerprint density at radius 3 is 2.38 bits per heavy atom. The fourth-order valence-electron chi connectivity index (χ4n) is 3.91. The third-order valence-electron chi connectivity index (χ3n) is 4.97. The molecule has 1 saturated heterocycles. The second-order valence-corrected chi connectivity index (χ2v) is 8.95. The average molecular weight is 372 g/mol. The van der Waals surface area contributed by atoms with Crippen LogP contribution in [0.15, 0.2) is 15.9 Å². The van der Waals surface area contributed by atoms with Crippen molar-refractivity contribution in [3.8, 4) is 0 Å². The minimum Gasteiger partial charge on any atom is -0.326 e. The Bertz CT molecular complexity index is 448. The first-order valence-corrected chi connectivity index (χ1v) is 9.75. The highest BCUT2D eigenvalue weighted by Gasteiger charge is 2.31. The predicted molar refractivity (Wildman–Crippen MR) is 93.8 cm³/mol. The Morgan fingerprint density at radius 2 is 1.86 bits per heavy atom. The van der Waals surface area contributed by atoms with Gasteiger partial charge in [-0.2, -0.15) is 0 Å².